The number of fused-ring (bicyclic) bond motifs is 3. The molecule has 0 aliphatic rings. The average Bonchev–Trinajstić information content (AvgIpc) is 3.78. The summed E-state index contributed by atoms with van der Waals surface area (Å²) in [6.45, 7) is 18.8. The molecule has 0 bridgehead atoms. The maximum absolute atomic E-state index is 12.2. The van der Waals surface area contributed by atoms with Gasteiger partial charge in [-0.05, 0) is 60.7 Å². The number of aliphatic hydroxyl groups is 1. The Labute approximate surface area is 314 Å². The number of pyridine rings is 2. The number of ketones is 1. The van der Waals surface area contributed by atoms with E-state index in [2.05, 4.69) is 73.6 Å². The molecule has 1 radical (unpaired) electrons. The van der Waals surface area contributed by atoms with E-state index in [4.69, 9.17) is 9.40 Å². The summed E-state index contributed by atoms with van der Waals surface area (Å²) in [7, 11) is 0. The second-order valence-corrected chi connectivity index (χ2v) is 15.4. The van der Waals surface area contributed by atoms with E-state index in [0.717, 1.165) is 74.8 Å². The van der Waals surface area contributed by atoms with Crippen LogP contribution in [0.1, 0.15) is 93.6 Å². The monoisotopic (exact) mass is 866 g/mol. The zero-order valence-electron chi connectivity index (χ0n) is 30.7. The summed E-state index contributed by atoms with van der Waals surface area (Å²) >= 11 is 1.68. The molecule has 0 unspecified atom stereocenters. The third-order valence-corrected chi connectivity index (χ3v) is 11.4. The number of thiophene rings is 1. The number of aliphatic hydroxyl groups excluding tert-OH is 1. The Balaban J connectivity index is 0.000000269. The van der Waals surface area contributed by atoms with Gasteiger partial charge in [0, 0.05) is 66.0 Å². The van der Waals surface area contributed by atoms with Gasteiger partial charge in [-0.1, -0.05) is 91.5 Å². The summed E-state index contributed by atoms with van der Waals surface area (Å²) in [6.07, 6.45) is 8.44. The Morgan fingerprint density at radius 1 is 0.880 bits per heavy atom. The fraction of sp³-hybridized carbons (Fsp3) is 0.372. The van der Waals surface area contributed by atoms with Gasteiger partial charge in [0.25, 0.3) is 0 Å². The molecule has 0 fully saturated rings. The number of aromatic nitrogens is 2. The van der Waals surface area contributed by atoms with Crippen molar-refractivity contribution in [3.8, 4) is 22.6 Å². The van der Waals surface area contributed by atoms with Crippen LogP contribution in [-0.2, 0) is 30.3 Å². The van der Waals surface area contributed by atoms with Crippen LogP contribution in [0.4, 0.5) is 0 Å². The molecule has 0 aliphatic carbocycles. The number of hydrogen-bond donors (Lipinski definition) is 1. The Hall–Kier alpha value is -3.64. The maximum atomic E-state index is 12.2. The van der Waals surface area contributed by atoms with Crippen LogP contribution in [0.15, 0.2) is 88.6 Å². The number of rotatable bonds is 9. The van der Waals surface area contributed by atoms with E-state index in [1.54, 1.807) is 11.3 Å². The van der Waals surface area contributed by atoms with E-state index in [9.17, 15) is 9.90 Å². The molecule has 6 rings (SSSR count). The molecule has 1 N–H and O–H groups in total. The van der Waals surface area contributed by atoms with Crippen molar-refractivity contribution in [2.45, 2.75) is 93.4 Å². The number of allylic oxidation sites excluding steroid dienone is 2. The molecule has 0 amide bonds. The summed E-state index contributed by atoms with van der Waals surface area (Å²) in [5.41, 5.74) is 5.28. The topological polar surface area (TPSA) is 76.2 Å². The van der Waals surface area contributed by atoms with Crippen molar-refractivity contribution in [2.75, 3.05) is 0 Å². The molecular formula is C43H49IrN2O3S-. The number of hydrogen-bond acceptors (Lipinski definition) is 6. The summed E-state index contributed by atoms with van der Waals surface area (Å²) in [4.78, 5) is 21.4. The molecular weight excluding hydrogens is 817 g/mol. The van der Waals surface area contributed by atoms with Crippen molar-refractivity contribution < 1.29 is 34.4 Å². The molecule has 0 atom stereocenters. The first-order valence-corrected chi connectivity index (χ1v) is 18.3. The van der Waals surface area contributed by atoms with Gasteiger partial charge < -0.3 is 9.52 Å². The molecule has 7 heteroatoms. The molecule has 6 aromatic rings. The predicted octanol–water partition coefficient (Wildman–Crippen LogP) is 12.7. The average molecular weight is 866 g/mol. The summed E-state index contributed by atoms with van der Waals surface area (Å²) in [5, 5.41) is 15.6. The van der Waals surface area contributed by atoms with Crippen molar-refractivity contribution in [3.63, 3.8) is 0 Å². The summed E-state index contributed by atoms with van der Waals surface area (Å²) in [5.74, 6) is 1.12. The smallest absolute Gasteiger partial charge is 0.164 e. The van der Waals surface area contributed by atoms with Crippen LogP contribution in [-0.4, -0.2) is 20.9 Å². The second-order valence-electron chi connectivity index (χ2n) is 14.5. The van der Waals surface area contributed by atoms with Gasteiger partial charge in [-0.25, -0.2) is 0 Å². The maximum Gasteiger partial charge on any atom is 0.164 e. The van der Waals surface area contributed by atoms with E-state index in [1.165, 1.54) is 17.0 Å². The SMILES string of the molecule is CC(C)(C)c1cc(-c2nccc3cc(-c4ccnc5ccsc45)oc23)[c-]c2ccccc12.CCC(C)(CC)C(=O)/C=C(\O)C(C)(CC)CC.[Ir]. The van der Waals surface area contributed by atoms with Crippen molar-refractivity contribution >= 4 is 49.1 Å². The zero-order valence-corrected chi connectivity index (χ0v) is 33.9. The van der Waals surface area contributed by atoms with Crippen LogP contribution in [0.2, 0.25) is 0 Å². The number of benzene rings is 2. The van der Waals surface area contributed by atoms with Crippen LogP contribution in [0.3, 0.4) is 0 Å². The molecule has 0 spiro atoms. The minimum Gasteiger partial charge on any atom is -0.512 e. The minimum atomic E-state index is -0.337. The van der Waals surface area contributed by atoms with Gasteiger partial charge in [0.05, 0.1) is 10.2 Å². The van der Waals surface area contributed by atoms with Gasteiger partial charge in [0.15, 0.2) is 5.78 Å². The van der Waals surface area contributed by atoms with Crippen LogP contribution < -0.4 is 0 Å². The summed E-state index contributed by atoms with van der Waals surface area (Å²) in [6, 6.07) is 22.4. The van der Waals surface area contributed by atoms with E-state index in [-0.39, 0.29) is 47.9 Å². The van der Waals surface area contributed by atoms with Crippen molar-refractivity contribution in [1.82, 2.24) is 9.97 Å². The Bertz CT molecular complexity index is 2130. The molecule has 0 aliphatic heterocycles. The number of nitrogens with zero attached hydrogens (tertiary/aromatic N) is 2. The first-order valence-electron chi connectivity index (χ1n) is 17.4. The fourth-order valence-corrected chi connectivity index (χ4v) is 6.89. The Kier molecular flexibility index (Phi) is 12.3. The molecule has 0 saturated heterocycles. The Morgan fingerprint density at radius 2 is 1.54 bits per heavy atom. The van der Waals surface area contributed by atoms with Gasteiger partial charge in [0.1, 0.15) is 17.1 Å². The fourth-order valence-electron chi connectivity index (χ4n) is 6.02. The first-order chi connectivity index (χ1) is 23.3. The number of carbonyl (C=O) groups excluding carboxylic acids is 1. The van der Waals surface area contributed by atoms with Crippen LogP contribution in [0.5, 0.6) is 0 Å². The van der Waals surface area contributed by atoms with Gasteiger partial charge in [-0.2, -0.15) is 0 Å². The largest absolute Gasteiger partial charge is 0.512 e. The van der Waals surface area contributed by atoms with E-state index < -0.39 is 0 Å². The predicted molar refractivity (Wildman–Crippen MR) is 206 cm³/mol. The normalized spacial score (nSPS) is 12.5. The molecule has 5 nitrogen and oxygen atoms in total. The zero-order chi connectivity index (χ0) is 35.6. The molecule has 2 aromatic carbocycles. The quantitative estimate of drug-likeness (QED) is 0.0890. The van der Waals surface area contributed by atoms with E-state index in [0.29, 0.717) is 0 Å². The van der Waals surface area contributed by atoms with Crippen molar-refractivity contribution in [1.29, 1.82) is 0 Å². The molecule has 265 valence electrons. The molecule has 50 heavy (non-hydrogen) atoms. The third kappa shape index (κ3) is 7.81. The minimum absolute atomic E-state index is 0. The van der Waals surface area contributed by atoms with Crippen molar-refractivity contribution in [2.24, 2.45) is 10.8 Å². The Morgan fingerprint density at radius 3 is 2.20 bits per heavy atom. The van der Waals surface area contributed by atoms with Crippen LogP contribution >= 0.6 is 11.3 Å². The van der Waals surface area contributed by atoms with Crippen LogP contribution in [0.25, 0.3) is 54.5 Å². The number of furan rings is 1. The number of carbonyl (C=O) groups is 1. The van der Waals surface area contributed by atoms with Gasteiger partial charge in [-0.3, -0.25) is 14.8 Å². The molecule has 4 heterocycles. The molecule has 0 saturated carbocycles. The van der Waals surface area contributed by atoms with Gasteiger partial charge in [0.2, 0.25) is 0 Å². The third-order valence-electron chi connectivity index (χ3n) is 10.5. The summed E-state index contributed by atoms with van der Waals surface area (Å²) < 4.78 is 7.58. The molecule has 4 aromatic heterocycles. The van der Waals surface area contributed by atoms with Crippen LogP contribution in [0, 0.1) is 16.9 Å². The van der Waals surface area contributed by atoms with Gasteiger partial charge >= 0.3 is 0 Å². The standard InChI is InChI=1S/C28H21N2OS.C15H28O2.Ir/c1-28(2,3)22-15-19(14-17-6-4-5-7-20(17)22)25-26-18(8-11-30-25)16-24(31-26)21-9-12-29-23-10-13-32-27(21)23;1-7-14(5,8-2)12(16)11-13(17)15(6,9-3)10-4;/h4-13,15-16H,1-3H3;11,16H,7-10H2,1-6H3;/q-1;;/b;12-11-;. The van der Waals surface area contributed by atoms with E-state index >= 15 is 0 Å². The first kappa shape index (κ1) is 39.2. The van der Waals surface area contributed by atoms with E-state index in [1.807, 2.05) is 72.1 Å². The second kappa shape index (κ2) is 15.7. The van der Waals surface area contributed by atoms with Crippen molar-refractivity contribution in [3.05, 3.63) is 95.8 Å². The van der Waals surface area contributed by atoms with Gasteiger partial charge in [-0.15, -0.1) is 40.5 Å².